The molecule has 0 unspecified atom stereocenters. The topological polar surface area (TPSA) is 64.6 Å². The van der Waals surface area contributed by atoms with Crippen molar-refractivity contribution in [3.05, 3.63) is 29.8 Å². The molecule has 5 nitrogen and oxygen atoms in total. The Morgan fingerprint density at radius 1 is 1.29 bits per heavy atom. The van der Waals surface area contributed by atoms with Crippen LogP contribution in [0.15, 0.2) is 24.3 Å². The number of nitrogens with one attached hydrogen (secondary N) is 1. The maximum Gasteiger partial charge on any atom is 0.339 e. The fourth-order valence-electron chi connectivity index (χ4n) is 1.26. The van der Waals surface area contributed by atoms with Crippen LogP contribution in [0.2, 0.25) is 0 Å². The van der Waals surface area contributed by atoms with Gasteiger partial charge in [0.1, 0.15) is 6.61 Å². The summed E-state index contributed by atoms with van der Waals surface area (Å²) in [6.45, 7) is 2.23. The summed E-state index contributed by atoms with van der Waals surface area (Å²) in [6, 6.07) is 6.64. The molecule has 0 bridgehead atoms. The molecule has 0 saturated carbocycles. The van der Waals surface area contributed by atoms with Gasteiger partial charge in [-0.25, -0.2) is 4.79 Å². The highest BCUT2D eigenvalue weighted by Gasteiger charge is 2.12. The highest BCUT2D eigenvalue weighted by Crippen LogP contribution is 2.15. The highest BCUT2D eigenvalue weighted by molar-refractivity contribution is 6.01. The molecule has 1 N–H and O–H groups in total. The van der Waals surface area contributed by atoms with Crippen molar-refractivity contribution in [2.75, 3.05) is 25.6 Å². The predicted molar refractivity (Wildman–Crippen MR) is 62.9 cm³/mol. The molecule has 0 aliphatic carbocycles. The van der Waals surface area contributed by atoms with E-state index in [1.54, 1.807) is 31.2 Å². The van der Waals surface area contributed by atoms with Gasteiger partial charge in [-0.3, -0.25) is 4.79 Å². The Hall–Kier alpha value is -1.88. The van der Waals surface area contributed by atoms with E-state index in [0.717, 1.165) is 0 Å². The van der Waals surface area contributed by atoms with Crippen molar-refractivity contribution in [1.29, 1.82) is 0 Å². The molecule has 5 heteroatoms. The van der Waals surface area contributed by atoms with Crippen molar-refractivity contribution in [3.8, 4) is 0 Å². The monoisotopic (exact) mass is 237 g/mol. The molecule has 1 amide bonds. The van der Waals surface area contributed by atoms with E-state index in [1.165, 1.54) is 7.11 Å². The van der Waals surface area contributed by atoms with Crippen molar-refractivity contribution in [2.24, 2.45) is 0 Å². The van der Waals surface area contributed by atoms with Crippen LogP contribution in [-0.2, 0) is 14.3 Å². The molecule has 92 valence electrons. The Bertz CT molecular complexity index is 403. The summed E-state index contributed by atoms with van der Waals surface area (Å²) in [6.07, 6.45) is 0. The zero-order chi connectivity index (χ0) is 12.7. The lowest BCUT2D eigenvalue weighted by atomic mass is 10.2. The minimum atomic E-state index is -0.489. The maximum absolute atomic E-state index is 11.4. The first-order chi connectivity index (χ1) is 8.19. The van der Waals surface area contributed by atoms with Crippen LogP contribution in [0, 0.1) is 0 Å². The quantitative estimate of drug-likeness (QED) is 0.787. The van der Waals surface area contributed by atoms with Gasteiger partial charge < -0.3 is 14.8 Å². The second-order valence-corrected chi connectivity index (χ2v) is 3.22. The molecular weight excluding hydrogens is 222 g/mol. The number of rotatable bonds is 5. The third kappa shape index (κ3) is 3.88. The largest absolute Gasteiger partial charge is 0.465 e. The minimum absolute atomic E-state index is 0.0357. The molecule has 1 aromatic carbocycles. The number of carbonyl (C=O) groups excluding carboxylic acids is 2. The van der Waals surface area contributed by atoms with E-state index in [4.69, 9.17) is 4.74 Å². The van der Waals surface area contributed by atoms with Crippen LogP contribution in [0.4, 0.5) is 5.69 Å². The molecule has 0 atom stereocenters. The van der Waals surface area contributed by atoms with Gasteiger partial charge in [-0.15, -0.1) is 0 Å². The van der Waals surface area contributed by atoms with Crippen molar-refractivity contribution in [2.45, 2.75) is 6.92 Å². The standard InChI is InChI=1S/C12H15NO4/c1-3-17-8-11(14)13-10-7-5-4-6-9(10)12(15)16-2/h4-7H,3,8H2,1-2H3,(H,13,14). The van der Waals surface area contributed by atoms with Gasteiger partial charge >= 0.3 is 5.97 Å². The molecule has 0 radical (unpaired) electrons. The van der Waals surface area contributed by atoms with Gasteiger partial charge in [-0.2, -0.15) is 0 Å². The SMILES string of the molecule is CCOCC(=O)Nc1ccccc1C(=O)OC. The van der Waals surface area contributed by atoms with Crippen molar-refractivity contribution in [3.63, 3.8) is 0 Å². The number of esters is 1. The Morgan fingerprint density at radius 3 is 2.65 bits per heavy atom. The number of hydrogen-bond acceptors (Lipinski definition) is 4. The van der Waals surface area contributed by atoms with Crippen molar-refractivity contribution >= 4 is 17.6 Å². The third-order valence-electron chi connectivity index (χ3n) is 2.04. The van der Waals surface area contributed by atoms with Crippen LogP contribution >= 0.6 is 0 Å². The number of carbonyl (C=O) groups is 2. The fourth-order valence-corrected chi connectivity index (χ4v) is 1.26. The molecule has 17 heavy (non-hydrogen) atoms. The van der Waals surface area contributed by atoms with E-state index in [-0.39, 0.29) is 12.5 Å². The second-order valence-electron chi connectivity index (χ2n) is 3.22. The Balaban J connectivity index is 2.76. The highest BCUT2D eigenvalue weighted by atomic mass is 16.5. The van der Waals surface area contributed by atoms with Gasteiger partial charge in [0.05, 0.1) is 18.4 Å². The van der Waals surface area contributed by atoms with E-state index >= 15 is 0 Å². The smallest absolute Gasteiger partial charge is 0.339 e. The zero-order valence-corrected chi connectivity index (χ0v) is 9.86. The van der Waals surface area contributed by atoms with Gasteiger partial charge in [-0.05, 0) is 19.1 Å². The molecular formula is C12H15NO4. The van der Waals surface area contributed by atoms with Crippen LogP contribution < -0.4 is 5.32 Å². The summed E-state index contributed by atoms with van der Waals surface area (Å²) < 4.78 is 9.58. The molecule has 1 aromatic rings. The third-order valence-corrected chi connectivity index (χ3v) is 2.04. The van der Waals surface area contributed by atoms with E-state index in [0.29, 0.717) is 17.9 Å². The first-order valence-corrected chi connectivity index (χ1v) is 5.24. The summed E-state index contributed by atoms with van der Waals surface area (Å²) in [5.41, 5.74) is 0.740. The molecule has 0 aromatic heterocycles. The molecule has 1 rings (SSSR count). The second kappa shape index (κ2) is 6.65. The first-order valence-electron chi connectivity index (χ1n) is 5.24. The van der Waals surface area contributed by atoms with E-state index in [1.807, 2.05) is 0 Å². The predicted octanol–water partition coefficient (Wildman–Crippen LogP) is 1.45. The Kier molecular flexibility index (Phi) is 5.16. The minimum Gasteiger partial charge on any atom is -0.465 e. The van der Waals surface area contributed by atoms with Crippen molar-refractivity contribution < 1.29 is 19.1 Å². The molecule has 0 aliphatic rings. The maximum atomic E-state index is 11.4. The summed E-state index contributed by atoms with van der Waals surface area (Å²) in [4.78, 5) is 22.9. The van der Waals surface area contributed by atoms with Gasteiger partial charge in [0.15, 0.2) is 0 Å². The summed E-state index contributed by atoms with van der Waals surface area (Å²) >= 11 is 0. The number of methoxy groups -OCH3 is 1. The zero-order valence-electron chi connectivity index (χ0n) is 9.86. The lowest BCUT2D eigenvalue weighted by molar-refractivity contribution is -0.120. The molecule has 0 heterocycles. The number of benzene rings is 1. The van der Waals surface area contributed by atoms with Gasteiger partial charge in [0, 0.05) is 6.61 Å². The Labute approximate surface area is 99.7 Å². The lowest BCUT2D eigenvalue weighted by Gasteiger charge is -2.09. The molecule has 0 fully saturated rings. The van der Waals surface area contributed by atoms with Crippen LogP contribution in [0.25, 0.3) is 0 Å². The summed E-state index contributed by atoms with van der Waals surface area (Å²) in [5, 5.41) is 2.60. The number of hydrogen-bond donors (Lipinski definition) is 1. The average Bonchev–Trinajstić information content (AvgIpc) is 2.36. The van der Waals surface area contributed by atoms with Crippen molar-refractivity contribution in [1.82, 2.24) is 0 Å². The van der Waals surface area contributed by atoms with Crippen LogP contribution in [0.1, 0.15) is 17.3 Å². The number of para-hydroxylation sites is 1. The van der Waals surface area contributed by atoms with Gasteiger partial charge in [0.25, 0.3) is 0 Å². The number of ether oxygens (including phenoxy) is 2. The first kappa shape index (κ1) is 13.2. The molecule has 0 spiro atoms. The average molecular weight is 237 g/mol. The van der Waals surface area contributed by atoms with Gasteiger partial charge in [0.2, 0.25) is 5.91 Å². The van der Waals surface area contributed by atoms with Crippen LogP contribution in [0.5, 0.6) is 0 Å². The van der Waals surface area contributed by atoms with Gasteiger partial charge in [-0.1, -0.05) is 12.1 Å². The molecule has 0 aliphatic heterocycles. The normalized spacial score (nSPS) is 9.76. The van der Waals surface area contributed by atoms with E-state index in [2.05, 4.69) is 10.1 Å². The van der Waals surface area contributed by atoms with E-state index < -0.39 is 5.97 Å². The van der Waals surface area contributed by atoms with Crippen LogP contribution in [-0.4, -0.2) is 32.2 Å². The summed E-state index contributed by atoms with van der Waals surface area (Å²) in [7, 11) is 1.29. The summed E-state index contributed by atoms with van der Waals surface area (Å²) in [5.74, 6) is -0.791. The number of anilines is 1. The van der Waals surface area contributed by atoms with E-state index in [9.17, 15) is 9.59 Å². The number of amides is 1. The lowest BCUT2D eigenvalue weighted by Crippen LogP contribution is -2.20. The molecule has 0 saturated heterocycles. The van der Waals surface area contributed by atoms with Crippen LogP contribution in [0.3, 0.4) is 0 Å². The fraction of sp³-hybridized carbons (Fsp3) is 0.333. The Morgan fingerprint density at radius 2 is 2.00 bits per heavy atom.